The van der Waals surface area contributed by atoms with Crippen LogP contribution in [-0.2, 0) is 4.79 Å². The summed E-state index contributed by atoms with van der Waals surface area (Å²) in [6.07, 6.45) is 4.96. The van der Waals surface area contributed by atoms with E-state index >= 15 is 0 Å². The molecule has 1 amide bonds. The van der Waals surface area contributed by atoms with Gasteiger partial charge >= 0.3 is 0 Å². The molecule has 3 rings (SSSR count). The van der Waals surface area contributed by atoms with E-state index in [9.17, 15) is 4.79 Å². The van der Waals surface area contributed by atoms with Crippen molar-refractivity contribution in [2.45, 2.75) is 25.7 Å². The Morgan fingerprint density at radius 1 is 1.24 bits per heavy atom. The summed E-state index contributed by atoms with van der Waals surface area (Å²) in [5.41, 5.74) is 0.889. The molecule has 0 radical (unpaired) electrons. The summed E-state index contributed by atoms with van der Waals surface area (Å²) in [6.45, 7) is 0. The molecular weight excluding hydrogens is 278 g/mol. The Morgan fingerprint density at radius 2 is 2.06 bits per heavy atom. The van der Waals surface area contributed by atoms with Gasteiger partial charge in [-0.1, -0.05) is 18.6 Å². The second-order valence-corrected chi connectivity index (χ2v) is 6.10. The van der Waals surface area contributed by atoms with Gasteiger partial charge in [0.1, 0.15) is 0 Å². The van der Waals surface area contributed by atoms with Crippen molar-refractivity contribution in [3.8, 4) is 0 Å². The first kappa shape index (κ1) is 11.3. The van der Waals surface area contributed by atoms with Gasteiger partial charge in [0.05, 0.1) is 5.69 Å². The van der Waals surface area contributed by atoms with E-state index in [2.05, 4.69) is 21.2 Å². The molecule has 2 aliphatic carbocycles. The third kappa shape index (κ3) is 2.13. The van der Waals surface area contributed by atoms with Gasteiger partial charge in [-0.15, -0.1) is 0 Å². The van der Waals surface area contributed by atoms with Crippen LogP contribution in [-0.4, -0.2) is 5.91 Å². The van der Waals surface area contributed by atoms with E-state index in [1.807, 2.05) is 24.3 Å². The van der Waals surface area contributed by atoms with E-state index in [0.717, 1.165) is 22.5 Å². The zero-order chi connectivity index (χ0) is 11.8. The molecule has 0 saturated heterocycles. The first-order valence-corrected chi connectivity index (χ1v) is 7.08. The quantitative estimate of drug-likeness (QED) is 0.882. The summed E-state index contributed by atoms with van der Waals surface area (Å²) in [6, 6.07) is 7.80. The standard InChI is InChI=1S/C14H16BrNO/c15-12-3-1-2-4-13(12)16-14(17)11-8-9-5-6-10(11)7-9/h1-4,9-11H,5-8H2,(H,16,17)/t9-,10+,11-/m0/s1. The lowest BCUT2D eigenvalue weighted by Crippen LogP contribution is -2.27. The molecule has 3 atom stereocenters. The van der Waals surface area contributed by atoms with Crippen LogP contribution in [0.5, 0.6) is 0 Å². The number of fused-ring (bicyclic) bond motifs is 2. The highest BCUT2D eigenvalue weighted by atomic mass is 79.9. The zero-order valence-electron chi connectivity index (χ0n) is 9.66. The maximum atomic E-state index is 12.2. The lowest BCUT2D eigenvalue weighted by Gasteiger charge is -2.21. The summed E-state index contributed by atoms with van der Waals surface area (Å²) < 4.78 is 0.955. The van der Waals surface area contributed by atoms with E-state index < -0.39 is 0 Å². The predicted molar refractivity (Wildman–Crippen MR) is 71.7 cm³/mol. The topological polar surface area (TPSA) is 29.1 Å². The number of rotatable bonds is 2. The third-order valence-electron chi connectivity index (χ3n) is 4.21. The molecular formula is C14H16BrNO. The monoisotopic (exact) mass is 293 g/mol. The van der Waals surface area contributed by atoms with Crippen molar-refractivity contribution in [2.24, 2.45) is 17.8 Å². The first-order chi connectivity index (χ1) is 8.24. The van der Waals surface area contributed by atoms with Crippen LogP contribution in [0.2, 0.25) is 0 Å². The summed E-state index contributed by atoms with van der Waals surface area (Å²) in [5.74, 6) is 1.92. The van der Waals surface area contributed by atoms with Gasteiger partial charge in [-0.05, 0) is 59.2 Å². The lowest BCUT2D eigenvalue weighted by atomic mass is 9.88. The molecule has 0 heterocycles. The number of carbonyl (C=O) groups excluding carboxylic acids is 1. The number of hydrogen-bond acceptors (Lipinski definition) is 1. The summed E-state index contributed by atoms with van der Waals surface area (Å²) in [4.78, 5) is 12.2. The van der Waals surface area contributed by atoms with Crippen molar-refractivity contribution in [3.63, 3.8) is 0 Å². The van der Waals surface area contributed by atoms with E-state index in [1.165, 1.54) is 19.3 Å². The molecule has 2 bridgehead atoms. The minimum atomic E-state index is 0.212. The fourth-order valence-electron chi connectivity index (χ4n) is 3.35. The molecule has 1 aromatic rings. The van der Waals surface area contributed by atoms with Crippen LogP contribution in [0.4, 0.5) is 5.69 Å². The van der Waals surface area contributed by atoms with Gasteiger partial charge < -0.3 is 5.32 Å². The van der Waals surface area contributed by atoms with Gasteiger partial charge in [0.25, 0.3) is 0 Å². The largest absolute Gasteiger partial charge is 0.325 e. The van der Waals surface area contributed by atoms with Gasteiger partial charge in [0.15, 0.2) is 0 Å². The molecule has 2 nitrogen and oxygen atoms in total. The third-order valence-corrected chi connectivity index (χ3v) is 4.90. The van der Waals surface area contributed by atoms with Gasteiger partial charge in [-0.2, -0.15) is 0 Å². The maximum Gasteiger partial charge on any atom is 0.227 e. The second-order valence-electron chi connectivity index (χ2n) is 5.25. The van der Waals surface area contributed by atoms with Crippen LogP contribution in [0.25, 0.3) is 0 Å². The molecule has 0 aliphatic heterocycles. The Balaban J connectivity index is 1.70. The van der Waals surface area contributed by atoms with Gasteiger partial charge in [0, 0.05) is 10.4 Å². The van der Waals surface area contributed by atoms with Gasteiger partial charge in [-0.3, -0.25) is 4.79 Å². The first-order valence-electron chi connectivity index (χ1n) is 6.29. The maximum absolute atomic E-state index is 12.2. The fraction of sp³-hybridized carbons (Fsp3) is 0.500. The van der Waals surface area contributed by atoms with Crippen molar-refractivity contribution < 1.29 is 4.79 Å². The van der Waals surface area contributed by atoms with Crippen LogP contribution in [0.1, 0.15) is 25.7 Å². The van der Waals surface area contributed by atoms with Crippen LogP contribution in [0.15, 0.2) is 28.7 Å². The second kappa shape index (κ2) is 4.45. The van der Waals surface area contributed by atoms with Gasteiger partial charge in [-0.25, -0.2) is 0 Å². The summed E-state index contributed by atoms with van der Waals surface area (Å²) in [7, 11) is 0. The summed E-state index contributed by atoms with van der Waals surface area (Å²) >= 11 is 3.46. The van der Waals surface area contributed by atoms with E-state index in [1.54, 1.807) is 0 Å². The Labute approximate surface area is 110 Å². The number of nitrogens with one attached hydrogen (secondary N) is 1. The number of hydrogen-bond donors (Lipinski definition) is 1. The highest BCUT2D eigenvalue weighted by Crippen LogP contribution is 2.48. The van der Waals surface area contributed by atoms with Crippen LogP contribution < -0.4 is 5.32 Å². The minimum Gasteiger partial charge on any atom is -0.325 e. The molecule has 2 fully saturated rings. The smallest absolute Gasteiger partial charge is 0.227 e. The molecule has 1 N–H and O–H groups in total. The van der Waals surface area contributed by atoms with Crippen LogP contribution >= 0.6 is 15.9 Å². The highest BCUT2D eigenvalue weighted by Gasteiger charge is 2.43. The Bertz CT molecular complexity index is 446. The minimum absolute atomic E-state index is 0.212. The van der Waals surface area contributed by atoms with E-state index in [-0.39, 0.29) is 11.8 Å². The Morgan fingerprint density at radius 3 is 2.71 bits per heavy atom. The average Bonchev–Trinajstić information content (AvgIpc) is 2.94. The molecule has 17 heavy (non-hydrogen) atoms. The average molecular weight is 294 g/mol. The molecule has 2 saturated carbocycles. The van der Waals surface area contributed by atoms with Crippen molar-refractivity contribution in [2.75, 3.05) is 5.32 Å². The Kier molecular flexibility index (Phi) is 2.95. The van der Waals surface area contributed by atoms with Crippen molar-refractivity contribution in [1.82, 2.24) is 0 Å². The lowest BCUT2D eigenvalue weighted by molar-refractivity contribution is -0.121. The predicted octanol–water partition coefficient (Wildman–Crippen LogP) is 3.82. The van der Waals surface area contributed by atoms with Crippen molar-refractivity contribution in [3.05, 3.63) is 28.7 Å². The van der Waals surface area contributed by atoms with Gasteiger partial charge in [0.2, 0.25) is 5.91 Å². The molecule has 1 aromatic carbocycles. The number of benzene rings is 1. The number of amides is 1. The van der Waals surface area contributed by atoms with Crippen molar-refractivity contribution in [1.29, 1.82) is 0 Å². The van der Waals surface area contributed by atoms with Crippen molar-refractivity contribution >= 4 is 27.5 Å². The zero-order valence-corrected chi connectivity index (χ0v) is 11.2. The number of halogens is 1. The molecule has 0 aromatic heterocycles. The highest BCUT2D eigenvalue weighted by molar-refractivity contribution is 9.10. The van der Waals surface area contributed by atoms with E-state index in [0.29, 0.717) is 5.92 Å². The summed E-state index contributed by atoms with van der Waals surface area (Å²) in [5, 5.41) is 3.05. The molecule has 2 aliphatic rings. The Hall–Kier alpha value is -0.830. The molecule has 0 unspecified atom stereocenters. The molecule has 3 heteroatoms. The van der Waals surface area contributed by atoms with Crippen LogP contribution in [0.3, 0.4) is 0 Å². The SMILES string of the molecule is O=C(Nc1ccccc1Br)[C@H]1C[C@H]2CC[C@@H]1C2. The molecule has 0 spiro atoms. The molecule has 90 valence electrons. The van der Waals surface area contributed by atoms with Crippen LogP contribution in [0, 0.1) is 17.8 Å². The fourth-order valence-corrected chi connectivity index (χ4v) is 3.74. The normalized spacial score (nSPS) is 30.5. The van der Waals surface area contributed by atoms with E-state index in [4.69, 9.17) is 0 Å². The number of anilines is 1. The number of carbonyl (C=O) groups is 1. The number of para-hydroxylation sites is 1.